The lowest BCUT2D eigenvalue weighted by molar-refractivity contribution is 0.102. The molecule has 0 fully saturated rings. The number of nitrogens with one attached hydrogen (secondary N) is 1. The lowest BCUT2D eigenvalue weighted by Gasteiger charge is -2.07. The van der Waals surface area contributed by atoms with Crippen LogP contribution < -0.4 is 10.1 Å². The molecule has 0 saturated carbocycles. The van der Waals surface area contributed by atoms with Crippen LogP contribution in [0, 0.1) is 0 Å². The molecular formula is C18H14N6O2S. The highest BCUT2D eigenvalue weighted by molar-refractivity contribution is 7.14. The maximum Gasteiger partial charge on any atom is 0.276 e. The van der Waals surface area contributed by atoms with E-state index in [0.29, 0.717) is 28.1 Å². The van der Waals surface area contributed by atoms with Crippen LogP contribution in [0.4, 0.5) is 5.13 Å². The van der Waals surface area contributed by atoms with Gasteiger partial charge in [-0.3, -0.25) is 19.7 Å². The Balaban J connectivity index is 1.55. The number of aromatic nitrogens is 5. The lowest BCUT2D eigenvalue weighted by atomic mass is 10.3. The average Bonchev–Trinajstić information content (AvgIpc) is 3.38. The quantitative estimate of drug-likeness (QED) is 0.574. The molecule has 4 rings (SSSR count). The van der Waals surface area contributed by atoms with Crippen molar-refractivity contribution in [3.63, 3.8) is 0 Å². The van der Waals surface area contributed by atoms with Gasteiger partial charge in [-0.1, -0.05) is 6.07 Å². The highest BCUT2D eigenvalue weighted by atomic mass is 32.1. The van der Waals surface area contributed by atoms with Crippen molar-refractivity contribution in [1.29, 1.82) is 0 Å². The van der Waals surface area contributed by atoms with Crippen molar-refractivity contribution in [3.8, 4) is 23.0 Å². The highest BCUT2D eigenvalue weighted by Gasteiger charge is 2.15. The van der Waals surface area contributed by atoms with E-state index in [4.69, 9.17) is 4.74 Å². The Morgan fingerprint density at radius 1 is 1.11 bits per heavy atom. The van der Waals surface area contributed by atoms with E-state index >= 15 is 0 Å². The number of nitrogens with zero attached hydrogens (tertiary/aromatic N) is 5. The fraction of sp³-hybridized carbons (Fsp3) is 0.0556. The Labute approximate surface area is 158 Å². The zero-order valence-corrected chi connectivity index (χ0v) is 15.1. The Kier molecular flexibility index (Phi) is 4.58. The molecule has 0 aliphatic rings. The van der Waals surface area contributed by atoms with Crippen LogP contribution in [-0.2, 0) is 0 Å². The molecule has 0 aromatic carbocycles. The molecular weight excluding hydrogens is 364 g/mol. The Morgan fingerprint density at radius 2 is 1.96 bits per heavy atom. The first-order valence-electron chi connectivity index (χ1n) is 7.95. The molecule has 9 heteroatoms. The molecule has 1 N–H and O–H groups in total. The molecule has 0 bridgehead atoms. The summed E-state index contributed by atoms with van der Waals surface area (Å²) >= 11 is 1.32. The minimum Gasteiger partial charge on any atom is -0.481 e. The predicted octanol–water partition coefficient (Wildman–Crippen LogP) is 3.05. The molecule has 4 heterocycles. The number of carbonyl (C=O) groups is 1. The van der Waals surface area contributed by atoms with Gasteiger partial charge in [-0.05, 0) is 18.2 Å². The number of thiazole rings is 1. The molecule has 0 aliphatic heterocycles. The molecule has 0 radical (unpaired) electrons. The summed E-state index contributed by atoms with van der Waals surface area (Å²) in [5.74, 6) is 0.205. The number of hydrogen-bond acceptors (Lipinski definition) is 7. The van der Waals surface area contributed by atoms with Crippen LogP contribution in [0.15, 0.2) is 60.6 Å². The van der Waals surface area contributed by atoms with Crippen molar-refractivity contribution in [1.82, 2.24) is 24.5 Å². The van der Waals surface area contributed by atoms with Crippen molar-refractivity contribution in [2.45, 2.75) is 0 Å². The van der Waals surface area contributed by atoms with E-state index in [9.17, 15) is 4.79 Å². The largest absolute Gasteiger partial charge is 0.481 e. The number of ether oxygens (including phenoxy) is 1. The molecule has 8 nitrogen and oxygen atoms in total. The van der Waals surface area contributed by atoms with E-state index in [1.807, 2.05) is 17.5 Å². The standard InChI is InChI=1S/C18H14N6O2S/c1-26-16-4-2-3-13(21-16)14-10-27-18(22-14)23-17(25)15-9-20-11-24(15)12-5-7-19-8-6-12/h2-11H,1H3,(H,22,23,25). The molecule has 4 aromatic heterocycles. The second-order valence-corrected chi connectivity index (χ2v) is 6.27. The lowest BCUT2D eigenvalue weighted by Crippen LogP contribution is -2.16. The maximum absolute atomic E-state index is 12.7. The van der Waals surface area contributed by atoms with Gasteiger partial charge in [0.2, 0.25) is 5.88 Å². The molecule has 0 aliphatic carbocycles. The van der Waals surface area contributed by atoms with Crippen LogP contribution in [0.25, 0.3) is 17.1 Å². The fourth-order valence-electron chi connectivity index (χ4n) is 2.45. The zero-order valence-electron chi connectivity index (χ0n) is 14.2. The number of methoxy groups -OCH3 is 1. The second-order valence-electron chi connectivity index (χ2n) is 5.41. The van der Waals surface area contributed by atoms with Crippen LogP contribution in [0.2, 0.25) is 0 Å². The topological polar surface area (TPSA) is 94.8 Å². The Bertz CT molecular complexity index is 1080. The number of anilines is 1. The van der Waals surface area contributed by atoms with Crippen LogP contribution in [0.1, 0.15) is 10.5 Å². The number of carbonyl (C=O) groups excluding carboxylic acids is 1. The van der Waals surface area contributed by atoms with E-state index < -0.39 is 0 Å². The molecule has 0 unspecified atom stereocenters. The first kappa shape index (κ1) is 16.9. The second kappa shape index (κ2) is 7.34. The van der Waals surface area contributed by atoms with E-state index in [2.05, 4.69) is 25.3 Å². The smallest absolute Gasteiger partial charge is 0.276 e. The molecule has 4 aromatic rings. The predicted molar refractivity (Wildman–Crippen MR) is 101 cm³/mol. The van der Waals surface area contributed by atoms with Gasteiger partial charge in [0.25, 0.3) is 5.91 Å². The Morgan fingerprint density at radius 3 is 2.78 bits per heavy atom. The van der Waals surface area contributed by atoms with Gasteiger partial charge in [-0.25, -0.2) is 15.0 Å². The van der Waals surface area contributed by atoms with Crippen LogP contribution in [-0.4, -0.2) is 37.5 Å². The number of rotatable bonds is 5. The number of imidazole rings is 1. The molecule has 1 amide bonds. The van der Waals surface area contributed by atoms with Gasteiger partial charge in [0.15, 0.2) is 5.13 Å². The van der Waals surface area contributed by atoms with E-state index in [0.717, 1.165) is 5.69 Å². The van der Waals surface area contributed by atoms with Gasteiger partial charge >= 0.3 is 0 Å². The summed E-state index contributed by atoms with van der Waals surface area (Å²) in [5.41, 5.74) is 2.54. The normalized spacial score (nSPS) is 10.6. The first-order valence-corrected chi connectivity index (χ1v) is 8.83. The highest BCUT2D eigenvalue weighted by Crippen LogP contribution is 2.25. The number of hydrogen-bond donors (Lipinski definition) is 1. The summed E-state index contributed by atoms with van der Waals surface area (Å²) in [4.78, 5) is 29.5. The van der Waals surface area contributed by atoms with Gasteiger partial charge < -0.3 is 4.74 Å². The van der Waals surface area contributed by atoms with E-state index in [-0.39, 0.29) is 5.91 Å². The summed E-state index contributed by atoms with van der Waals surface area (Å²) in [6.45, 7) is 0. The minimum absolute atomic E-state index is 0.302. The third kappa shape index (κ3) is 3.53. The monoisotopic (exact) mass is 378 g/mol. The van der Waals surface area contributed by atoms with Crippen molar-refractivity contribution < 1.29 is 9.53 Å². The SMILES string of the molecule is COc1cccc(-c2csc(NC(=O)c3cncn3-c3ccncc3)n2)n1. The zero-order chi connectivity index (χ0) is 18.6. The summed E-state index contributed by atoms with van der Waals surface area (Å²) in [6, 6.07) is 9.04. The van der Waals surface area contributed by atoms with Gasteiger partial charge in [0.05, 0.1) is 31.0 Å². The average molecular weight is 378 g/mol. The van der Waals surface area contributed by atoms with Gasteiger partial charge in [0.1, 0.15) is 11.4 Å². The summed E-state index contributed by atoms with van der Waals surface area (Å²) in [6.07, 6.45) is 6.40. The van der Waals surface area contributed by atoms with Gasteiger partial charge in [-0.2, -0.15) is 0 Å². The van der Waals surface area contributed by atoms with Crippen molar-refractivity contribution >= 4 is 22.4 Å². The van der Waals surface area contributed by atoms with Crippen LogP contribution in [0.3, 0.4) is 0 Å². The molecule has 134 valence electrons. The Hall–Kier alpha value is -3.59. The maximum atomic E-state index is 12.7. The summed E-state index contributed by atoms with van der Waals surface area (Å²) in [7, 11) is 1.56. The third-order valence-corrected chi connectivity index (χ3v) is 4.49. The van der Waals surface area contributed by atoms with E-state index in [1.54, 1.807) is 48.6 Å². The number of pyridine rings is 2. The molecule has 0 spiro atoms. The third-order valence-electron chi connectivity index (χ3n) is 3.73. The first-order chi connectivity index (χ1) is 13.2. The van der Waals surface area contributed by atoms with Crippen molar-refractivity contribution in [2.75, 3.05) is 12.4 Å². The van der Waals surface area contributed by atoms with Crippen molar-refractivity contribution in [3.05, 3.63) is 66.3 Å². The number of amides is 1. The summed E-state index contributed by atoms with van der Waals surface area (Å²) in [5, 5.41) is 5.11. The van der Waals surface area contributed by atoms with Crippen LogP contribution >= 0.6 is 11.3 Å². The van der Waals surface area contributed by atoms with Gasteiger partial charge in [0, 0.05) is 23.8 Å². The summed E-state index contributed by atoms with van der Waals surface area (Å²) < 4.78 is 6.82. The van der Waals surface area contributed by atoms with Crippen LogP contribution in [0.5, 0.6) is 5.88 Å². The fourth-order valence-corrected chi connectivity index (χ4v) is 3.15. The van der Waals surface area contributed by atoms with Crippen molar-refractivity contribution in [2.24, 2.45) is 0 Å². The molecule has 27 heavy (non-hydrogen) atoms. The molecule has 0 saturated heterocycles. The van der Waals surface area contributed by atoms with E-state index in [1.165, 1.54) is 17.5 Å². The van der Waals surface area contributed by atoms with Gasteiger partial charge in [-0.15, -0.1) is 11.3 Å². The molecule has 0 atom stereocenters. The minimum atomic E-state index is -0.302.